The molecule has 1 aromatic carbocycles. The van der Waals surface area contributed by atoms with Gasteiger partial charge in [0.25, 0.3) is 0 Å². The molecular weight excluding hydrogens is 274 g/mol. The van der Waals surface area contributed by atoms with Gasteiger partial charge < -0.3 is 5.32 Å². The summed E-state index contributed by atoms with van der Waals surface area (Å²) in [5.41, 5.74) is 1.98. The topological polar surface area (TPSA) is 12.0 Å². The van der Waals surface area contributed by atoms with Crippen molar-refractivity contribution in [1.82, 2.24) is 5.32 Å². The first kappa shape index (κ1) is 13.1. The predicted molar refractivity (Wildman–Crippen MR) is 77.3 cm³/mol. The monoisotopic (exact) mass is 295 g/mol. The Morgan fingerprint density at radius 3 is 2.71 bits per heavy atom. The van der Waals surface area contributed by atoms with Crippen molar-refractivity contribution in [2.45, 2.75) is 39.0 Å². The molecule has 2 rings (SSSR count). The van der Waals surface area contributed by atoms with E-state index in [2.05, 4.69) is 52.4 Å². The van der Waals surface area contributed by atoms with Gasteiger partial charge in [-0.15, -0.1) is 0 Å². The summed E-state index contributed by atoms with van der Waals surface area (Å²) in [6, 6.07) is 8.78. The summed E-state index contributed by atoms with van der Waals surface area (Å²) in [7, 11) is 0. The molecule has 0 radical (unpaired) electrons. The average Bonchev–Trinajstić information content (AvgIpc) is 2.75. The highest BCUT2D eigenvalue weighted by Crippen LogP contribution is 2.40. The van der Waals surface area contributed by atoms with Gasteiger partial charge >= 0.3 is 0 Å². The molecule has 1 saturated carbocycles. The standard InChI is InChI=1S/C15H22BrN/c1-2-17-12-15(8-3-4-9-15)11-13-6-5-7-14(16)10-13/h5-7,10,17H,2-4,8-9,11-12H2,1H3. The van der Waals surface area contributed by atoms with E-state index in [1.807, 2.05) is 0 Å². The summed E-state index contributed by atoms with van der Waals surface area (Å²) >= 11 is 3.57. The highest BCUT2D eigenvalue weighted by atomic mass is 79.9. The first-order valence-corrected chi connectivity index (χ1v) is 7.49. The van der Waals surface area contributed by atoms with Crippen LogP contribution in [0.25, 0.3) is 0 Å². The fourth-order valence-electron chi connectivity index (χ4n) is 3.01. The summed E-state index contributed by atoms with van der Waals surface area (Å²) in [5.74, 6) is 0. The summed E-state index contributed by atoms with van der Waals surface area (Å²) < 4.78 is 1.20. The highest BCUT2D eigenvalue weighted by molar-refractivity contribution is 9.10. The van der Waals surface area contributed by atoms with E-state index in [1.54, 1.807) is 0 Å². The van der Waals surface area contributed by atoms with Crippen molar-refractivity contribution in [2.75, 3.05) is 13.1 Å². The lowest BCUT2D eigenvalue weighted by molar-refractivity contribution is 0.280. The molecule has 1 fully saturated rings. The Balaban J connectivity index is 2.07. The van der Waals surface area contributed by atoms with Crippen molar-refractivity contribution in [1.29, 1.82) is 0 Å². The third-order valence-electron chi connectivity index (χ3n) is 3.88. The second-order valence-electron chi connectivity index (χ2n) is 5.29. The van der Waals surface area contributed by atoms with Gasteiger partial charge in [0.05, 0.1) is 0 Å². The lowest BCUT2D eigenvalue weighted by atomic mass is 9.80. The van der Waals surface area contributed by atoms with Crippen molar-refractivity contribution < 1.29 is 0 Å². The normalized spacial score (nSPS) is 18.5. The molecule has 0 bridgehead atoms. The van der Waals surface area contributed by atoms with Gasteiger partial charge in [-0.2, -0.15) is 0 Å². The molecule has 0 spiro atoms. The molecule has 0 atom stereocenters. The van der Waals surface area contributed by atoms with Crippen LogP contribution in [0.5, 0.6) is 0 Å². The summed E-state index contributed by atoms with van der Waals surface area (Å²) in [5, 5.41) is 3.55. The minimum absolute atomic E-state index is 0.511. The lowest BCUT2D eigenvalue weighted by Gasteiger charge is -2.29. The Kier molecular flexibility index (Phi) is 4.63. The summed E-state index contributed by atoms with van der Waals surface area (Å²) in [4.78, 5) is 0. The minimum Gasteiger partial charge on any atom is -0.316 e. The van der Waals surface area contributed by atoms with Gasteiger partial charge in [-0.05, 0) is 48.9 Å². The number of nitrogens with one attached hydrogen (secondary N) is 1. The third-order valence-corrected chi connectivity index (χ3v) is 4.38. The number of hydrogen-bond acceptors (Lipinski definition) is 1. The first-order chi connectivity index (χ1) is 8.24. The van der Waals surface area contributed by atoms with Gasteiger partial charge in [-0.25, -0.2) is 0 Å². The Morgan fingerprint density at radius 1 is 1.29 bits per heavy atom. The predicted octanol–water partition coefficient (Wildman–Crippen LogP) is 4.16. The van der Waals surface area contributed by atoms with Crippen molar-refractivity contribution in [3.63, 3.8) is 0 Å². The van der Waals surface area contributed by atoms with Crippen LogP contribution in [-0.4, -0.2) is 13.1 Å². The third kappa shape index (κ3) is 3.56. The molecule has 1 aliphatic rings. The largest absolute Gasteiger partial charge is 0.316 e. The van der Waals surface area contributed by atoms with Crippen LogP contribution in [0.3, 0.4) is 0 Å². The van der Waals surface area contributed by atoms with Crippen LogP contribution in [0.15, 0.2) is 28.7 Å². The van der Waals surface area contributed by atoms with E-state index in [0.29, 0.717) is 5.41 Å². The second kappa shape index (κ2) is 6.01. The number of benzene rings is 1. The summed E-state index contributed by atoms with van der Waals surface area (Å²) in [6.07, 6.45) is 6.79. The molecule has 17 heavy (non-hydrogen) atoms. The van der Waals surface area contributed by atoms with Gasteiger partial charge in [0.2, 0.25) is 0 Å². The van der Waals surface area contributed by atoms with Crippen molar-refractivity contribution in [3.8, 4) is 0 Å². The molecule has 0 heterocycles. The molecule has 0 amide bonds. The number of halogens is 1. The maximum Gasteiger partial charge on any atom is 0.0177 e. The van der Waals surface area contributed by atoms with Crippen LogP contribution in [0, 0.1) is 5.41 Å². The molecule has 0 aliphatic heterocycles. The molecule has 0 saturated heterocycles. The summed E-state index contributed by atoms with van der Waals surface area (Å²) in [6.45, 7) is 4.46. The Morgan fingerprint density at radius 2 is 2.06 bits per heavy atom. The fourth-order valence-corrected chi connectivity index (χ4v) is 3.46. The van der Waals surface area contributed by atoms with Gasteiger partial charge in [0.1, 0.15) is 0 Å². The molecule has 1 aromatic rings. The zero-order valence-electron chi connectivity index (χ0n) is 10.6. The Labute approximate surface area is 113 Å². The van der Waals surface area contributed by atoms with Gasteiger partial charge in [-0.3, -0.25) is 0 Å². The van der Waals surface area contributed by atoms with E-state index < -0.39 is 0 Å². The number of rotatable bonds is 5. The van der Waals surface area contributed by atoms with E-state index in [-0.39, 0.29) is 0 Å². The van der Waals surface area contributed by atoms with Crippen LogP contribution < -0.4 is 5.32 Å². The highest BCUT2D eigenvalue weighted by Gasteiger charge is 2.33. The Hall–Kier alpha value is -0.340. The fraction of sp³-hybridized carbons (Fsp3) is 0.600. The Bertz CT molecular complexity index is 356. The van der Waals surface area contributed by atoms with Crippen molar-refractivity contribution in [3.05, 3.63) is 34.3 Å². The zero-order valence-corrected chi connectivity index (χ0v) is 12.2. The average molecular weight is 296 g/mol. The van der Waals surface area contributed by atoms with Crippen molar-refractivity contribution in [2.24, 2.45) is 5.41 Å². The second-order valence-corrected chi connectivity index (χ2v) is 6.21. The first-order valence-electron chi connectivity index (χ1n) is 6.69. The molecular formula is C15H22BrN. The smallest absolute Gasteiger partial charge is 0.0177 e. The molecule has 2 heteroatoms. The van der Waals surface area contributed by atoms with Crippen LogP contribution in [-0.2, 0) is 6.42 Å². The molecule has 0 aromatic heterocycles. The SMILES string of the molecule is CCNCC1(Cc2cccc(Br)c2)CCCC1. The van der Waals surface area contributed by atoms with E-state index >= 15 is 0 Å². The molecule has 0 unspecified atom stereocenters. The molecule has 1 N–H and O–H groups in total. The van der Waals surface area contributed by atoms with Crippen LogP contribution in [0.4, 0.5) is 0 Å². The minimum atomic E-state index is 0.511. The maximum atomic E-state index is 3.57. The van der Waals surface area contributed by atoms with Gasteiger partial charge in [0, 0.05) is 11.0 Å². The zero-order chi connectivity index (χ0) is 12.1. The van der Waals surface area contributed by atoms with Crippen LogP contribution in [0.1, 0.15) is 38.2 Å². The van der Waals surface area contributed by atoms with E-state index in [0.717, 1.165) is 6.54 Å². The van der Waals surface area contributed by atoms with E-state index in [9.17, 15) is 0 Å². The van der Waals surface area contributed by atoms with Crippen molar-refractivity contribution >= 4 is 15.9 Å². The number of hydrogen-bond donors (Lipinski definition) is 1. The van der Waals surface area contributed by atoms with Gasteiger partial charge in [-0.1, -0.05) is 47.8 Å². The van der Waals surface area contributed by atoms with Crippen LogP contribution in [0.2, 0.25) is 0 Å². The molecule has 94 valence electrons. The molecule has 1 aliphatic carbocycles. The quantitative estimate of drug-likeness (QED) is 0.860. The van der Waals surface area contributed by atoms with E-state index in [1.165, 1.54) is 48.7 Å². The maximum absolute atomic E-state index is 3.57. The van der Waals surface area contributed by atoms with Gasteiger partial charge in [0.15, 0.2) is 0 Å². The van der Waals surface area contributed by atoms with Crippen LogP contribution >= 0.6 is 15.9 Å². The van der Waals surface area contributed by atoms with E-state index in [4.69, 9.17) is 0 Å². The molecule has 1 nitrogen and oxygen atoms in total. The lowest BCUT2D eigenvalue weighted by Crippen LogP contribution is -2.33.